The topological polar surface area (TPSA) is 46.9 Å². The largest absolute Gasteiger partial charge is 0.324 e. The molecule has 0 spiro atoms. The normalized spacial score (nSPS) is 12.3. The highest BCUT2D eigenvalue weighted by Gasteiger charge is 2.17. The summed E-state index contributed by atoms with van der Waals surface area (Å²) in [6.45, 7) is 1.84. The van der Waals surface area contributed by atoms with E-state index in [0.717, 1.165) is 11.0 Å². The minimum Gasteiger partial charge on any atom is -0.324 e. The first kappa shape index (κ1) is 13.6. The Morgan fingerprint density at radius 1 is 1.24 bits per heavy atom. The molecule has 1 unspecified atom stereocenters. The lowest BCUT2D eigenvalue weighted by Crippen LogP contribution is -2.23. The molecule has 1 N–H and O–H groups in total. The van der Waals surface area contributed by atoms with Gasteiger partial charge in [-0.15, -0.1) is 0 Å². The summed E-state index contributed by atoms with van der Waals surface area (Å²) in [5, 5.41) is 3.45. The fraction of sp³-hybridized carbons (Fsp3) is 0.125. The van der Waals surface area contributed by atoms with E-state index in [9.17, 15) is 4.79 Å². The van der Waals surface area contributed by atoms with E-state index in [4.69, 9.17) is 11.6 Å². The smallest absolute Gasteiger partial charge is 0.247 e. The van der Waals surface area contributed by atoms with Gasteiger partial charge in [0, 0.05) is 10.7 Å². The Morgan fingerprint density at radius 2 is 2.05 bits per heavy atom. The maximum absolute atomic E-state index is 12.4. The van der Waals surface area contributed by atoms with Gasteiger partial charge >= 0.3 is 0 Å². The molecule has 3 aromatic rings. The van der Waals surface area contributed by atoms with Crippen LogP contribution in [0.2, 0.25) is 5.02 Å². The monoisotopic (exact) mass is 299 g/mol. The van der Waals surface area contributed by atoms with E-state index < -0.39 is 0 Å². The molecule has 0 radical (unpaired) electrons. The van der Waals surface area contributed by atoms with E-state index in [0.29, 0.717) is 10.7 Å². The number of nitrogens with zero attached hydrogens (tertiary/aromatic N) is 2. The number of aromatic nitrogens is 2. The highest BCUT2D eigenvalue weighted by molar-refractivity contribution is 6.30. The van der Waals surface area contributed by atoms with Gasteiger partial charge < -0.3 is 9.88 Å². The Hall–Kier alpha value is -2.33. The van der Waals surface area contributed by atoms with Crippen molar-refractivity contribution in [3.8, 4) is 0 Å². The molecule has 2 aromatic carbocycles. The molecule has 0 aliphatic heterocycles. The van der Waals surface area contributed by atoms with Crippen LogP contribution in [0.5, 0.6) is 0 Å². The molecule has 0 aliphatic rings. The Balaban J connectivity index is 1.84. The van der Waals surface area contributed by atoms with Gasteiger partial charge in [0.05, 0.1) is 17.4 Å². The summed E-state index contributed by atoms with van der Waals surface area (Å²) in [4.78, 5) is 16.7. The number of halogens is 1. The number of amides is 1. The van der Waals surface area contributed by atoms with Gasteiger partial charge in [0.15, 0.2) is 0 Å². The number of para-hydroxylation sites is 2. The zero-order chi connectivity index (χ0) is 14.8. The number of imidazole rings is 1. The van der Waals surface area contributed by atoms with Gasteiger partial charge in [-0.1, -0.05) is 29.8 Å². The number of rotatable bonds is 3. The predicted molar refractivity (Wildman–Crippen MR) is 84.5 cm³/mol. The Bertz CT molecular complexity index is 797. The first-order valence-corrected chi connectivity index (χ1v) is 7.01. The van der Waals surface area contributed by atoms with Gasteiger partial charge in [-0.3, -0.25) is 4.79 Å². The van der Waals surface area contributed by atoms with E-state index >= 15 is 0 Å². The number of nitrogens with one attached hydrogen (secondary N) is 1. The maximum atomic E-state index is 12.4. The number of anilines is 1. The summed E-state index contributed by atoms with van der Waals surface area (Å²) in [6, 6.07) is 14.5. The number of hydrogen-bond donors (Lipinski definition) is 1. The van der Waals surface area contributed by atoms with Crippen molar-refractivity contribution in [1.29, 1.82) is 0 Å². The van der Waals surface area contributed by atoms with Crippen LogP contribution in [0.1, 0.15) is 13.0 Å². The van der Waals surface area contributed by atoms with E-state index in [1.54, 1.807) is 24.5 Å². The third-order valence-electron chi connectivity index (χ3n) is 3.37. The summed E-state index contributed by atoms with van der Waals surface area (Å²) in [5.41, 5.74) is 2.50. The van der Waals surface area contributed by atoms with Crippen LogP contribution >= 0.6 is 11.6 Å². The molecule has 0 fully saturated rings. The lowest BCUT2D eigenvalue weighted by molar-refractivity contribution is -0.118. The second-order valence-corrected chi connectivity index (χ2v) is 5.25. The molecule has 4 nitrogen and oxygen atoms in total. The summed E-state index contributed by atoms with van der Waals surface area (Å²) in [5.74, 6) is -0.111. The Labute approximate surface area is 127 Å². The lowest BCUT2D eigenvalue weighted by Gasteiger charge is -2.14. The summed E-state index contributed by atoms with van der Waals surface area (Å²) < 4.78 is 1.86. The average molecular weight is 300 g/mol. The van der Waals surface area contributed by atoms with Crippen LogP contribution < -0.4 is 5.32 Å². The molecular weight excluding hydrogens is 286 g/mol. The van der Waals surface area contributed by atoms with Gasteiger partial charge in [-0.25, -0.2) is 4.98 Å². The minimum atomic E-state index is -0.364. The van der Waals surface area contributed by atoms with Gasteiger partial charge in [-0.2, -0.15) is 0 Å². The molecule has 1 amide bonds. The lowest BCUT2D eigenvalue weighted by atomic mass is 10.2. The number of carbonyl (C=O) groups excluding carboxylic acids is 1. The summed E-state index contributed by atoms with van der Waals surface area (Å²) >= 11 is 5.92. The van der Waals surface area contributed by atoms with E-state index in [1.807, 2.05) is 41.8 Å². The van der Waals surface area contributed by atoms with Crippen LogP contribution in [0.4, 0.5) is 5.69 Å². The molecule has 5 heteroatoms. The van der Waals surface area contributed by atoms with Crippen LogP contribution in [0.25, 0.3) is 11.0 Å². The van der Waals surface area contributed by atoms with Crippen molar-refractivity contribution in [2.45, 2.75) is 13.0 Å². The molecule has 1 heterocycles. The van der Waals surface area contributed by atoms with Crippen LogP contribution in [0.15, 0.2) is 54.9 Å². The molecule has 0 saturated carbocycles. The summed E-state index contributed by atoms with van der Waals surface area (Å²) in [7, 11) is 0. The number of benzene rings is 2. The van der Waals surface area contributed by atoms with Crippen molar-refractivity contribution in [3.63, 3.8) is 0 Å². The molecule has 21 heavy (non-hydrogen) atoms. The quantitative estimate of drug-likeness (QED) is 0.797. The SMILES string of the molecule is CC(C(=O)Nc1cccc(Cl)c1)n1cnc2ccccc21. The van der Waals surface area contributed by atoms with Crippen LogP contribution in [0.3, 0.4) is 0 Å². The standard InChI is InChI=1S/C16H14ClN3O/c1-11(16(21)19-13-6-4-5-12(17)9-13)20-10-18-14-7-2-3-8-15(14)20/h2-11H,1H3,(H,19,21). The van der Waals surface area contributed by atoms with E-state index in [2.05, 4.69) is 10.3 Å². The van der Waals surface area contributed by atoms with E-state index in [1.165, 1.54) is 0 Å². The summed E-state index contributed by atoms with van der Waals surface area (Å²) in [6.07, 6.45) is 1.69. The third-order valence-corrected chi connectivity index (χ3v) is 3.61. The number of hydrogen-bond acceptors (Lipinski definition) is 2. The highest BCUT2D eigenvalue weighted by Crippen LogP contribution is 2.20. The Morgan fingerprint density at radius 3 is 2.86 bits per heavy atom. The van der Waals surface area contributed by atoms with Crippen molar-refractivity contribution in [1.82, 2.24) is 9.55 Å². The van der Waals surface area contributed by atoms with Crippen LogP contribution in [-0.4, -0.2) is 15.5 Å². The zero-order valence-electron chi connectivity index (χ0n) is 11.5. The molecule has 1 aromatic heterocycles. The van der Waals surface area contributed by atoms with Crippen molar-refractivity contribution in [2.75, 3.05) is 5.32 Å². The van der Waals surface area contributed by atoms with Crippen LogP contribution in [0, 0.1) is 0 Å². The van der Waals surface area contributed by atoms with Gasteiger partial charge in [0.2, 0.25) is 5.91 Å². The molecule has 0 saturated heterocycles. The van der Waals surface area contributed by atoms with Crippen molar-refractivity contribution < 1.29 is 4.79 Å². The average Bonchev–Trinajstić information content (AvgIpc) is 2.90. The molecule has 3 rings (SSSR count). The number of carbonyl (C=O) groups is 1. The van der Waals surface area contributed by atoms with Gasteiger partial charge in [0.1, 0.15) is 6.04 Å². The predicted octanol–water partition coefficient (Wildman–Crippen LogP) is 3.89. The molecule has 0 bridgehead atoms. The molecule has 106 valence electrons. The van der Waals surface area contributed by atoms with Gasteiger partial charge in [0.25, 0.3) is 0 Å². The van der Waals surface area contributed by atoms with Crippen molar-refractivity contribution in [3.05, 3.63) is 59.9 Å². The molecule has 0 aliphatic carbocycles. The Kier molecular flexibility index (Phi) is 3.62. The second kappa shape index (κ2) is 5.58. The van der Waals surface area contributed by atoms with Gasteiger partial charge in [-0.05, 0) is 37.3 Å². The minimum absolute atomic E-state index is 0.111. The fourth-order valence-electron chi connectivity index (χ4n) is 2.23. The van der Waals surface area contributed by atoms with E-state index in [-0.39, 0.29) is 11.9 Å². The second-order valence-electron chi connectivity index (χ2n) is 4.82. The fourth-order valence-corrected chi connectivity index (χ4v) is 2.42. The van der Waals surface area contributed by atoms with Crippen molar-refractivity contribution >= 4 is 34.2 Å². The van der Waals surface area contributed by atoms with Crippen molar-refractivity contribution in [2.24, 2.45) is 0 Å². The first-order chi connectivity index (χ1) is 10.1. The third kappa shape index (κ3) is 2.76. The zero-order valence-corrected chi connectivity index (χ0v) is 12.2. The molecule has 1 atom stereocenters. The highest BCUT2D eigenvalue weighted by atomic mass is 35.5. The first-order valence-electron chi connectivity index (χ1n) is 6.63. The van der Waals surface area contributed by atoms with Crippen LogP contribution in [-0.2, 0) is 4.79 Å². The maximum Gasteiger partial charge on any atom is 0.247 e. The number of fused-ring (bicyclic) bond motifs is 1. The molecular formula is C16H14ClN3O.